The lowest BCUT2D eigenvalue weighted by atomic mass is 10.0. The summed E-state index contributed by atoms with van der Waals surface area (Å²) in [7, 11) is 1.67. The van der Waals surface area contributed by atoms with E-state index in [-0.39, 0.29) is 11.5 Å². The molecule has 1 aromatic heterocycles. The molecule has 0 radical (unpaired) electrons. The summed E-state index contributed by atoms with van der Waals surface area (Å²) in [5.41, 5.74) is 2.70. The Morgan fingerprint density at radius 1 is 1.28 bits per heavy atom. The van der Waals surface area contributed by atoms with Gasteiger partial charge in [-0.05, 0) is 43.2 Å². The normalized spacial score (nSPS) is 10.7. The molecule has 0 saturated carbocycles. The molecule has 18 heavy (non-hydrogen) atoms. The number of aromatic nitrogens is 2. The third-order valence-corrected chi connectivity index (χ3v) is 2.88. The van der Waals surface area contributed by atoms with Crippen LogP contribution < -0.4 is 0 Å². The van der Waals surface area contributed by atoms with Crippen molar-refractivity contribution in [3.63, 3.8) is 0 Å². The quantitative estimate of drug-likeness (QED) is 0.888. The number of aryl methyl sites for hydroxylation is 3. The zero-order valence-corrected chi connectivity index (χ0v) is 10.4. The molecule has 1 aromatic carbocycles. The molecule has 0 aliphatic rings. The molecule has 0 saturated heterocycles. The third kappa shape index (κ3) is 1.99. The summed E-state index contributed by atoms with van der Waals surface area (Å²) in [6.45, 7) is 3.46. The minimum Gasteiger partial charge on any atom is -0.476 e. The van der Waals surface area contributed by atoms with Crippen LogP contribution in [0, 0.1) is 19.7 Å². The van der Waals surface area contributed by atoms with Crippen molar-refractivity contribution in [1.29, 1.82) is 0 Å². The van der Waals surface area contributed by atoms with Crippen molar-refractivity contribution in [3.8, 4) is 11.3 Å². The predicted molar refractivity (Wildman–Crippen MR) is 65.0 cm³/mol. The maximum Gasteiger partial charge on any atom is 0.356 e. The highest BCUT2D eigenvalue weighted by Gasteiger charge is 2.15. The van der Waals surface area contributed by atoms with Gasteiger partial charge in [0.15, 0.2) is 5.69 Å². The summed E-state index contributed by atoms with van der Waals surface area (Å²) in [5.74, 6) is -1.34. The van der Waals surface area contributed by atoms with Crippen LogP contribution in [0.15, 0.2) is 18.2 Å². The highest BCUT2D eigenvalue weighted by atomic mass is 19.1. The van der Waals surface area contributed by atoms with Crippen LogP contribution in [0.5, 0.6) is 0 Å². The van der Waals surface area contributed by atoms with E-state index in [0.717, 1.165) is 11.1 Å². The van der Waals surface area contributed by atoms with E-state index in [4.69, 9.17) is 5.11 Å². The number of hydrogen-bond donors (Lipinski definition) is 1. The van der Waals surface area contributed by atoms with Crippen LogP contribution in [0.3, 0.4) is 0 Å². The minimum absolute atomic E-state index is 0.0196. The van der Waals surface area contributed by atoms with Gasteiger partial charge < -0.3 is 5.11 Å². The molecular formula is C13H13FN2O2. The van der Waals surface area contributed by atoms with Gasteiger partial charge >= 0.3 is 5.97 Å². The Morgan fingerprint density at radius 3 is 2.50 bits per heavy atom. The van der Waals surface area contributed by atoms with Gasteiger partial charge in [-0.25, -0.2) is 9.18 Å². The SMILES string of the molecule is Cc1cc(-c2cc(C(=O)O)nn2C)c(C)cc1F. The number of hydrogen-bond acceptors (Lipinski definition) is 2. The largest absolute Gasteiger partial charge is 0.476 e. The Morgan fingerprint density at radius 2 is 1.94 bits per heavy atom. The van der Waals surface area contributed by atoms with E-state index in [1.54, 1.807) is 27.0 Å². The first-order valence-electron chi connectivity index (χ1n) is 5.44. The van der Waals surface area contributed by atoms with Crippen LogP contribution in [0.2, 0.25) is 0 Å². The van der Waals surface area contributed by atoms with Gasteiger partial charge in [-0.15, -0.1) is 0 Å². The fourth-order valence-corrected chi connectivity index (χ4v) is 1.88. The first-order valence-corrected chi connectivity index (χ1v) is 5.44. The number of carboxylic acids is 1. The molecule has 2 aromatic rings. The maximum absolute atomic E-state index is 13.4. The lowest BCUT2D eigenvalue weighted by Gasteiger charge is -2.08. The van der Waals surface area contributed by atoms with Crippen LogP contribution in [0.25, 0.3) is 11.3 Å². The Balaban J connectivity index is 2.62. The molecule has 0 atom stereocenters. The number of halogens is 1. The number of aromatic carboxylic acids is 1. The van der Waals surface area contributed by atoms with Crippen molar-refractivity contribution >= 4 is 5.97 Å². The molecule has 0 fully saturated rings. The van der Waals surface area contributed by atoms with E-state index in [0.29, 0.717) is 11.3 Å². The second-order valence-corrected chi connectivity index (χ2v) is 4.26. The van der Waals surface area contributed by atoms with E-state index in [2.05, 4.69) is 5.10 Å². The predicted octanol–water partition coefficient (Wildman–Crippen LogP) is 2.54. The van der Waals surface area contributed by atoms with Crippen LogP contribution in [0.4, 0.5) is 4.39 Å². The van der Waals surface area contributed by atoms with Crippen LogP contribution in [-0.4, -0.2) is 20.9 Å². The van der Waals surface area contributed by atoms with Gasteiger partial charge in [0.05, 0.1) is 5.69 Å². The molecule has 0 bridgehead atoms. The number of benzene rings is 1. The molecule has 5 heteroatoms. The lowest BCUT2D eigenvalue weighted by Crippen LogP contribution is -1.99. The number of carboxylic acid groups (broad SMARTS) is 1. The van der Waals surface area contributed by atoms with Crippen LogP contribution in [-0.2, 0) is 7.05 Å². The highest BCUT2D eigenvalue weighted by molar-refractivity contribution is 5.87. The Hall–Kier alpha value is -2.17. The molecule has 0 aliphatic heterocycles. The summed E-state index contributed by atoms with van der Waals surface area (Å²) in [6, 6.07) is 4.63. The van der Waals surface area contributed by atoms with Gasteiger partial charge in [-0.3, -0.25) is 4.68 Å². The van der Waals surface area contributed by atoms with Crippen molar-refractivity contribution in [2.75, 3.05) is 0 Å². The van der Waals surface area contributed by atoms with Gasteiger partial charge in [0.1, 0.15) is 5.82 Å². The molecule has 0 spiro atoms. The Kier molecular flexibility index (Phi) is 2.90. The van der Waals surface area contributed by atoms with Gasteiger partial charge in [0.2, 0.25) is 0 Å². The zero-order valence-electron chi connectivity index (χ0n) is 10.4. The van der Waals surface area contributed by atoms with Crippen molar-refractivity contribution < 1.29 is 14.3 Å². The van der Waals surface area contributed by atoms with Crippen LogP contribution >= 0.6 is 0 Å². The molecule has 1 N–H and O–H groups in total. The molecule has 94 valence electrons. The average Bonchev–Trinajstić information content (AvgIpc) is 2.66. The third-order valence-electron chi connectivity index (χ3n) is 2.88. The number of carbonyl (C=O) groups is 1. The van der Waals surface area contributed by atoms with Gasteiger partial charge in [0, 0.05) is 12.6 Å². The Bertz CT molecular complexity index is 632. The summed E-state index contributed by atoms with van der Waals surface area (Å²) in [6.07, 6.45) is 0. The molecule has 2 rings (SSSR count). The molecule has 1 heterocycles. The first-order chi connectivity index (χ1) is 8.40. The van der Waals surface area contributed by atoms with E-state index in [1.807, 2.05) is 0 Å². The topological polar surface area (TPSA) is 55.1 Å². The van der Waals surface area contributed by atoms with Gasteiger partial charge in [-0.1, -0.05) is 0 Å². The fourth-order valence-electron chi connectivity index (χ4n) is 1.88. The van der Waals surface area contributed by atoms with Crippen molar-refractivity contribution in [3.05, 3.63) is 40.8 Å². The summed E-state index contributed by atoms with van der Waals surface area (Å²) in [5, 5.41) is 12.8. The smallest absolute Gasteiger partial charge is 0.356 e. The highest BCUT2D eigenvalue weighted by Crippen LogP contribution is 2.26. The second kappa shape index (κ2) is 4.25. The van der Waals surface area contributed by atoms with Crippen molar-refractivity contribution in [1.82, 2.24) is 9.78 Å². The van der Waals surface area contributed by atoms with E-state index >= 15 is 0 Å². The van der Waals surface area contributed by atoms with Gasteiger partial charge in [0.25, 0.3) is 0 Å². The zero-order chi connectivity index (χ0) is 13.4. The second-order valence-electron chi connectivity index (χ2n) is 4.26. The first kappa shape index (κ1) is 12.3. The monoisotopic (exact) mass is 248 g/mol. The average molecular weight is 248 g/mol. The fraction of sp³-hybridized carbons (Fsp3) is 0.231. The lowest BCUT2D eigenvalue weighted by molar-refractivity contribution is 0.0689. The van der Waals surface area contributed by atoms with Crippen molar-refractivity contribution in [2.24, 2.45) is 7.05 Å². The molecule has 4 nitrogen and oxygen atoms in total. The Labute approximate surface area is 104 Å². The standard InChI is InChI=1S/C13H13FN2O2/c1-7-5-10(14)8(2)4-9(7)12-6-11(13(17)18)15-16(12)3/h4-6H,1-3H3,(H,17,18). The maximum atomic E-state index is 13.4. The van der Waals surface area contributed by atoms with E-state index in [1.165, 1.54) is 16.8 Å². The minimum atomic E-state index is -1.08. The molecule has 0 amide bonds. The van der Waals surface area contributed by atoms with E-state index in [9.17, 15) is 9.18 Å². The molecular weight excluding hydrogens is 235 g/mol. The summed E-state index contributed by atoms with van der Waals surface area (Å²) in [4.78, 5) is 10.9. The summed E-state index contributed by atoms with van der Waals surface area (Å²) < 4.78 is 14.9. The van der Waals surface area contributed by atoms with E-state index < -0.39 is 5.97 Å². The summed E-state index contributed by atoms with van der Waals surface area (Å²) >= 11 is 0. The number of rotatable bonds is 2. The molecule has 0 aliphatic carbocycles. The number of nitrogens with zero attached hydrogens (tertiary/aromatic N) is 2. The van der Waals surface area contributed by atoms with Crippen LogP contribution in [0.1, 0.15) is 21.6 Å². The van der Waals surface area contributed by atoms with Gasteiger partial charge in [-0.2, -0.15) is 5.10 Å². The molecule has 0 unspecified atom stereocenters. The van der Waals surface area contributed by atoms with Crippen molar-refractivity contribution in [2.45, 2.75) is 13.8 Å².